The highest BCUT2D eigenvalue weighted by molar-refractivity contribution is 6.59. The molecule has 0 saturated carbocycles. The minimum absolute atomic E-state index is 0.230. The topological polar surface area (TPSA) is 44.8 Å². The van der Waals surface area contributed by atoms with Crippen molar-refractivity contribution in [1.29, 1.82) is 0 Å². The van der Waals surface area contributed by atoms with Crippen molar-refractivity contribution in [2.75, 3.05) is 0 Å². The van der Waals surface area contributed by atoms with E-state index in [-0.39, 0.29) is 5.46 Å². The van der Waals surface area contributed by atoms with Crippen LogP contribution < -0.4 is 5.46 Å². The van der Waals surface area contributed by atoms with E-state index in [1.54, 1.807) is 0 Å². The van der Waals surface area contributed by atoms with E-state index in [9.17, 15) is 0 Å². The van der Waals surface area contributed by atoms with Crippen molar-refractivity contribution < 1.29 is 10.0 Å². The maximum absolute atomic E-state index is 8.76. The quantitative estimate of drug-likeness (QED) is 0.491. The lowest BCUT2D eigenvalue weighted by Gasteiger charge is -2.00. The van der Waals surface area contributed by atoms with Crippen LogP contribution in [0.2, 0.25) is 5.02 Å². The Balaban J connectivity index is 3.17. The van der Waals surface area contributed by atoms with Gasteiger partial charge in [0.15, 0.2) is 5.69 Å². The molecule has 1 aromatic rings. The van der Waals surface area contributed by atoms with Crippen molar-refractivity contribution in [3.63, 3.8) is 0 Å². The van der Waals surface area contributed by atoms with Gasteiger partial charge in [-0.1, -0.05) is 17.7 Å². The van der Waals surface area contributed by atoms with Gasteiger partial charge in [-0.15, -0.1) is 0 Å². The molecule has 1 aromatic carbocycles. The van der Waals surface area contributed by atoms with Crippen molar-refractivity contribution in [3.05, 3.63) is 34.6 Å². The summed E-state index contributed by atoms with van der Waals surface area (Å²) in [6.45, 7) is 6.68. The van der Waals surface area contributed by atoms with Gasteiger partial charge in [0.1, 0.15) is 0 Å². The molecule has 0 amide bonds. The Kier molecular flexibility index (Phi) is 2.72. The number of benzene rings is 1. The van der Waals surface area contributed by atoms with Crippen molar-refractivity contribution in [1.82, 2.24) is 0 Å². The average Bonchev–Trinajstić information content (AvgIpc) is 2.03. The molecular formula is C7H5BClNO2. The van der Waals surface area contributed by atoms with Crippen LogP contribution in [-0.4, -0.2) is 17.2 Å². The minimum atomic E-state index is -1.58. The number of halogens is 1. The van der Waals surface area contributed by atoms with Gasteiger partial charge >= 0.3 is 7.12 Å². The van der Waals surface area contributed by atoms with Gasteiger partial charge in [0.2, 0.25) is 0 Å². The summed E-state index contributed by atoms with van der Waals surface area (Å²) in [6, 6.07) is 4.24. The van der Waals surface area contributed by atoms with E-state index in [2.05, 4.69) is 4.85 Å². The summed E-state index contributed by atoms with van der Waals surface area (Å²) in [5, 5.41) is 17.8. The Bertz CT molecular complexity index is 335. The van der Waals surface area contributed by atoms with Gasteiger partial charge in [0.25, 0.3) is 0 Å². The highest BCUT2D eigenvalue weighted by atomic mass is 35.5. The summed E-state index contributed by atoms with van der Waals surface area (Å²) in [6.07, 6.45) is 0. The third kappa shape index (κ3) is 1.99. The van der Waals surface area contributed by atoms with Gasteiger partial charge in [-0.05, 0) is 17.6 Å². The number of hydrogen-bond acceptors (Lipinski definition) is 2. The highest BCUT2D eigenvalue weighted by Gasteiger charge is 2.11. The SMILES string of the molecule is [C-]#[N+]c1cc(Cl)cc(B(O)O)c1. The van der Waals surface area contributed by atoms with Gasteiger partial charge < -0.3 is 10.0 Å². The molecule has 0 unspecified atom stereocenters. The summed E-state index contributed by atoms with van der Waals surface area (Å²) >= 11 is 5.61. The lowest BCUT2D eigenvalue weighted by atomic mass is 9.80. The summed E-state index contributed by atoms with van der Waals surface area (Å²) in [4.78, 5) is 3.12. The monoisotopic (exact) mass is 181 g/mol. The molecule has 0 heterocycles. The number of nitrogens with zero attached hydrogens (tertiary/aromatic N) is 1. The number of hydrogen-bond donors (Lipinski definition) is 2. The van der Waals surface area contributed by atoms with Crippen molar-refractivity contribution in [2.24, 2.45) is 0 Å². The first kappa shape index (κ1) is 9.08. The van der Waals surface area contributed by atoms with Crippen LogP contribution in [0.1, 0.15) is 0 Å². The van der Waals surface area contributed by atoms with Crippen molar-refractivity contribution >= 4 is 29.9 Å². The predicted octanol–water partition coefficient (Wildman–Crippen LogP) is 0.571. The van der Waals surface area contributed by atoms with Crippen LogP contribution in [0.3, 0.4) is 0 Å². The van der Waals surface area contributed by atoms with Crippen molar-refractivity contribution in [3.8, 4) is 0 Å². The van der Waals surface area contributed by atoms with Crippen LogP contribution in [-0.2, 0) is 0 Å². The molecule has 0 fully saturated rings. The Morgan fingerprint density at radius 1 is 1.33 bits per heavy atom. The maximum Gasteiger partial charge on any atom is 0.487 e. The maximum atomic E-state index is 8.76. The van der Waals surface area contributed by atoms with Crippen LogP contribution in [0.15, 0.2) is 18.2 Å². The first-order valence-corrected chi connectivity index (χ1v) is 3.55. The Morgan fingerprint density at radius 2 is 2.00 bits per heavy atom. The second kappa shape index (κ2) is 3.59. The molecule has 0 aliphatic heterocycles. The van der Waals surface area contributed by atoms with E-state index in [4.69, 9.17) is 28.2 Å². The largest absolute Gasteiger partial charge is 0.487 e. The van der Waals surface area contributed by atoms with Crippen LogP contribution >= 0.6 is 11.6 Å². The zero-order valence-corrected chi connectivity index (χ0v) is 6.78. The average molecular weight is 181 g/mol. The van der Waals surface area contributed by atoms with Crippen LogP contribution in [0.5, 0.6) is 0 Å². The summed E-state index contributed by atoms with van der Waals surface area (Å²) < 4.78 is 0. The molecule has 0 aliphatic rings. The van der Waals surface area contributed by atoms with E-state index in [0.717, 1.165) is 0 Å². The van der Waals surface area contributed by atoms with E-state index >= 15 is 0 Å². The molecular weight excluding hydrogens is 176 g/mol. The number of rotatable bonds is 1. The van der Waals surface area contributed by atoms with Gasteiger partial charge in [-0.3, -0.25) is 0 Å². The van der Waals surface area contributed by atoms with E-state index < -0.39 is 7.12 Å². The van der Waals surface area contributed by atoms with Gasteiger partial charge in [-0.2, -0.15) is 0 Å². The van der Waals surface area contributed by atoms with Gasteiger partial charge in [0, 0.05) is 5.02 Å². The standard InChI is InChI=1S/C7H5BClNO2/c1-10-7-3-5(8(11)12)2-6(9)4-7/h2-4,11-12H. The highest BCUT2D eigenvalue weighted by Crippen LogP contribution is 2.16. The molecule has 0 radical (unpaired) electrons. The first-order chi connectivity index (χ1) is 5.63. The van der Waals surface area contributed by atoms with Crippen molar-refractivity contribution in [2.45, 2.75) is 0 Å². The lowest BCUT2D eigenvalue weighted by molar-refractivity contribution is 0.426. The summed E-state index contributed by atoms with van der Waals surface area (Å²) in [5.41, 5.74) is 0.527. The predicted molar refractivity (Wildman–Crippen MR) is 47.5 cm³/mol. The second-order valence-electron chi connectivity index (χ2n) is 2.23. The molecule has 0 aromatic heterocycles. The molecule has 1 rings (SSSR count). The van der Waals surface area contributed by atoms with Crippen LogP contribution in [0.25, 0.3) is 4.85 Å². The molecule has 60 valence electrons. The Labute approximate surface area is 75.2 Å². The zero-order valence-electron chi connectivity index (χ0n) is 6.03. The normalized spacial score (nSPS) is 9.17. The minimum Gasteiger partial charge on any atom is -0.423 e. The fourth-order valence-corrected chi connectivity index (χ4v) is 1.05. The molecule has 0 atom stereocenters. The molecule has 0 spiro atoms. The molecule has 3 nitrogen and oxygen atoms in total. The fraction of sp³-hybridized carbons (Fsp3) is 0. The fourth-order valence-electron chi connectivity index (χ4n) is 0.810. The molecule has 0 saturated heterocycles. The van der Waals surface area contributed by atoms with E-state index in [0.29, 0.717) is 10.7 Å². The third-order valence-corrected chi connectivity index (χ3v) is 1.55. The summed E-state index contributed by atoms with van der Waals surface area (Å²) in [5.74, 6) is 0. The third-order valence-electron chi connectivity index (χ3n) is 1.33. The van der Waals surface area contributed by atoms with Crippen LogP contribution in [0, 0.1) is 6.57 Å². The molecule has 12 heavy (non-hydrogen) atoms. The van der Waals surface area contributed by atoms with E-state index in [1.165, 1.54) is 18.2 Å². The first-order valence-electron chi connectivity index (χ1n) is 3.17. The Hall–Kier alpha value is -1.02. The second-order valence-corrected chi connectivity index (χ2v) is 2.66. The molecule has 2 N–H and O–H groups in total. The van der Waals surface area contributed by atoms with E-state index in [1.807, 2.05) is 0 Å². The molecule has 5 heteroatoms. The molecule has 0 bridgehead atoms. The Morgan fingerprint density at radius 3 is 2.50 bits per heavy atom. The smallest absolute Gasteiger partial charge is 0.423 e. The lowest BCUT2D eigenvalue weighted by Crippen LogP contribution is -2.29. The van der Waals surface area contributed by atoms with Gasteiger partial charge in [0.05, 0.1) is 6.57 Å². The summed E-state index contributed by atoms with van der Waals surface area (Å²) in [7, 11) is -1.58. The molecule has 0 aliphatic carbocycles. The zero-order chi connectivity index (χ0) is 9.14. The van der Waals surface area contributed by atoms with Gasteiger partial charge in [-0.25, -0.2) is 4.85 Å². The van der Waals surface area contributed by atoms with Crippen LogP contribution in [0.4, 0.5) is 5.69 Å².